The van der Waals surface area contributed by atoms with E-state index in [1.54, 1.807) is 71.1 Å². The highest BCUT2D eigenvalue weighted by Gasteiger charge is 2.44. The van der Waals surface area contributed by atoms with Gasteiger partial charge in [-0.3, -0.25) is 0 Å². The first-order valence-electron chi connectivity index (χ1n) is 23.5. The fraction of sp³-hybridized carbons (Fsp3) is 0.481. The molecular formula is C54H72N2O14+2. The fourth-order valence-electron chi connectivity index (χ4n) is 10.4. The number of quaternary nitrogens is 2. The van der Waals surface area contributed by atoms with Gasteiger partial charge in [-0.25, -0.2) is 9.59 Å². The summed E-state index contributed by atoms with van der Waals surface area (Å²) in [5, 5.41) is 0. The summed E-state index contributed by atoms with van der Waals surface area (Å²) in [5.74, 6) is 4.95. The summed E-state index contributed by atoms with van der Waals surface area (Å²) in [6.45, 7) is 3.37. The highest BCUT2D eigenvalue weighted by molar-refractivity contribution is 5.91. The zero-order valence-corrected chi connectivity index (χ0v) is 43.0. The van der Waals surface area contributed by atoms with E-state index in [2.05, 4.69) is 14.1 Å². The van der Waals surface area contributed by atoms with E-state index < -0.39 is 11.9 Å². The van der Waals surface area contributed by atoms with Crippen molar-refractivity contribution in [3.63, 3.8) is 0 Å². The summed E-state index contributed by atoms with van der Waals surface area (Å²) >= 11 is 0. The lowest BCUT2D eigenvalue weighted by Gasteiger charge is -2.46. The molecule has 6 rings (SSSR count). The molecular weight excluding hydrogens is 901 g/mol. The third-order valence-corrected chi connectivity index (χ3v) is 14.1. The monoisotopic (exact) mass is 972 g/mol. The van der Waals surface area contributed by atoms with E-state index in [0.717, 1.165) is 71.5 Å². The first-order chi connectivity index (χ1) is 33.8. The van der Waals surface area contributed by atoms with E-state index in [-0.39, 0.29) is 25.3 Å². The number of nitrogens with zero attached hydrogens (tertiary/aromatic N) is 2. The smallest absolute Gasteiger partial charge is 0.331 e. The minimum absolute atomic E-state index is 0.0591. The molecule has 4 aromatic carbocycles. The predicted molar refractivity (Wildman–Crippen MR) is 264 cm³/mol. The van der Waals surface area contributed by atoms with Gasteiger partial charge in [-0.15, -0.1) is 0 Å². The molecule has 380 valence electrons. The van der Waals surface area contributed by atoms with Crippen LogP contribution in [0.4, 0.5) is 0 Å². The zero-order valence-electron chi connectivity index (χ0n) is 43.0. The van der Waals surface area contributed by atoms with Crippen LogP contribution in [0.5, 0.6) is 57.5 Å². The average molecular weight is 973 g/mol. The lowest BCUT2D eigenvalue weighted by molar-refractivity contribution is -0.941. The van der Waals surface area contributed by atoms with Crippen molar-refractivity contribution in [2.75, 3.05) is 125 Å². The van der Waals surface area contributed by atoms with Gasteiger partial charge in [0.15, 0.2) is 46.0 Å². The highest BCUT2D eigenvalue weighted by Crippen LogP contribution is 2.52. The van der Waals surface area contributed by atoms with Crippen molar-refractivity contribution in [1.82, 2.24) is 0 Å². The zero-order chi connectivity index (χ0) is 50.6. The van der Waals surface area contributed by atoms with Crippen LogP contribution in [0, 0.1) is 0 Å². The Balaban J connectivity index is 1.08. The predicted octanol–water partition coefficient (Wildman–Crippen LogP) is 7.47. The van der Waals surface area contributed by atoms with Crippen LogP contribution in [-0.2, 0) is 44.7 Å². The maximum absolute atomic E-state index is 12.9. The van der Waals surface area contributed by atoms with Gasteiger partial charge in [0.05, 0.1) is 136 Å². The number of benzene rings is 4. The number of fused-ring (bicyclic) bond motifs is 2. The molecule has 0 aromatic heterocycles. The number of rotatable bonds is 24. The molecule has 0 saturated carbocycles. The number of likely N-dealkylation sites (N-methyl/N-ethyl adjacent to an activating group) is 2. The van der Waals surface area contributed by atoms with Gasteiger partial charge in [-0.1, -0.05) is 12.1 Å². The van der Waals surface area contributed by atoms with E-state index in [9.17, 15) is 9.59 Å². The molecule has 4 aromatic rings. The van der Waals surface area contributed by atoms with Gasteiger partial charge in [-0.05, 0) is 58.7 Å². The van der Waals surface area contributed by atoms with Crippen molar-refractivity contribution in [3.8, 4) is 57.5 Å². The summed E-state index contributed by atoms with van der Waals surface area (Å²) in [5.41, 5.74) is 6.49. The second-order valence-electron chi connectivity index (χ2n) is 18.0. The van der Waals surface area contributed by atoms with Crippen LogP contribution in [0.25, 0.3) is 0 Å². The van der Waals surface area contributed by atoms with Gasteiger partial charge in [-0.2, -0.15) is 0 Å². The Morgan fingerprint density at radius 1 is 0.471 bits per heavy atom. The number of hydrogen-bond donors (Lipinski definition) is 0. The lowest BCUT2D eigenvalue weighted by Crippen LogP contribution is -2.53. The average Bonchev–Trinajstić information content (AvgIpc) is 3.38. The molecule has 0 saturated heterocycles. The SMILES string of the molecule is COc1ccc(CC2c3c(cc(OC)c(OC)c3OC)CC[N+]2(C)CCCOC(=O)/C=C\C(=O)OCCC[N+]2(C)CCc3cc(OC)c(OC)c(OC)c3C2Cc2ccc(OC)c(OC)c2)cc1OC. The molecule has 4 atom stereocenters. The van der Waals surface area contributed by atoms with Crippen molar-refractivity contribution < 1.29 is 75.4 Å². The van der Waals surface area contributed by atoms with Crippen LogP contribution in [-0.4, -0.2) is 145 Å². The Kier molecular flexibility index (Phi) is 18.0. The molecule has 2 aliphatic rings. The van der Waals surface area contributed by atoms with Gasteiger partial charge in [0.2, 0.25) is 11.5 Å². The molecule has 0 radical (unpaired) electrons. The van der Waals surface area contributed by atoms with Crippen LogP contribution in [0.15, 0.2) is 60.7 Å². The van der Waals surface area contributed by atoms with Gasteiger partial charge < -0.3 is 65.8 Å². The Bertz CT molecular complexity index is 2320. The third-order valence-electron chi connectivity index (χ3n) is 14.1. The Labute approximate surface area is 412 Å². The summed E-state index contributed by atoms with van der Waals surface area (Å²) in [6, 6.07) is 15.9. The quantitative estimate of drug-likeness (QED) is 0.0296. The number of methoxy groups -OCH3 is 10. The van der Waals surface area contributed by atoms with Crippen molar-refractivity contribution in [1.29, 1.82) is 0 Å². The van der Waals surface area contributed by atoms with E-state index in [0.29, 0.717) is 105 Å². The van der Waals surface area contributed by atoms with Crippen molar-refractivity contribution in [2.45, 2.75) is 50.6 Å². The maximum Gasteiger partial charge on any atom is 0.331 e. The van der Waals surface area contributed by atoms with Gasteiger partial charge in [0, 0.05) is 50.7 Å². The number of hydrogen-bond acceptors (Lipinski definition) is 14. The largest absolute Gasteiger partial charge is 0.493 e. The second kappa shape index (κ2) is 23.9. The molecule has 16 heteroatoms. The van der Waals surface area contributed by atoms with E-state index in [1.165, 1.54) is 0 Å². The summed E-state index contributed by atoms with van der Waals surface area (Å²) < 4.78 is 70.1. The molecule has 0 N–H and O–H groups in total. The number of carbonyl (C=O) groups is 2. The molecule has 0 bridgehead atoms. The van der Waals surface area contributed by atoms with Crippen LogP contribution >= 0.6 is 0 Å². The number of ether oxygens (including phenoxy) is 12. The molecule has 70 heavy (non-hydrogen) atoms. The normalized spacial score (nSPS) is 19.3. The third kappa shape index (κ3) is 11.4. The van der Waals surface area contributed by atoms with Crippen LogP contribution < -0.4 is 47.4 Å². The van der Waals surface area contributed by atoms with Gasteiger partial charge in [0.25, 0.3) is 0 Å². The van der Waals surface area contributed by atoms with Crippen molar-refractivity contribution in [3.05, 3.63) is 94.1 Å². The Hall–Kier alpha value is -6.52. The second-order valence-corrected chi connectivity index (χ2v) is 18.0. The first-order valence-corrected chi connectivity index (χ1v) is 23.5. The standard InChI is InChI=1S/C54H72N2O14/c1-55(25-21-37-33-45(63-7)51(65-9)53(67-11)49(37)39(55)29-35-15-17-41(59-3)43(31-35)61-5)23-13-27-69-47(57)19-20-48(58)70-28-14-24-56(2)26-22-38-34-46(64-8)52(66-10)54(68-12)50(38)40(56)30-36-16-18-42(60-4)44(32-36)62-6/h15-20,31-34,39-40H,13-14,21-30H2,1-12H3/q+2/b20-19-. The van der Waals surface area contributed by atoms with E-state index >= 15 is 0 Å². The van der Waals surface area contributed by atoms with E-state index in [4.69, 9.17) is 56.8 Å². The minimum Gasteiger partial charge on any atom is -0.493 e. The molecule has 2 aliphatic heterocycles. The minimum atomic E-state index is -0.618. The molecule has 4 unspecified atom stereocenters. The van der Waals surface area contributed by atoms with Gasteiger partial charge in [0.1, 0.15) is 12.1 Å². The molecule has 0 fully saturated rings. The Morgan fingerprint density at radius 3 is 1.16 bits per heavy atom. The van der Waals surface area contributed by atoms with Crippen LogP contribution in [0.3, 0.4) is 0 Å². The van der Waals surface area contributed by atoms with Crippen molar-refractivity contribution >= 4 is 11.9 Å². The fourth-order valence-corrected chi connectivity index (χ4v) is 10.4. The van der Waals surface area contributed by atoms with Crippen LogP contribution in [0.1, 0.15) is 58.3 Å². The first kappa shape index (κ1) is 52.8. The molecule has 2 heterocycles. The maximum atomic E-state index is 12.9. The van der Waals surface area contributed by atoms with Crippen molar-refractivity contribution in [2.24, 2.45) is 0 Å². The summed E-state index contributed by atoms with van der Waals surface area (Å²) in [6.07, 6.45) is 6.29. The molecule has 0 amide bonds. The van der Waals surface area contributed by atoms with Gasteiger partial charge >= 0.3 is 11.9 Å². The van der Waals surface area contributed by atoms with E-state index in [1.807, 2.05) is 48.5 Å². The summed E-state index contributed by atoms with van der Waals surface area (Å²) in [4.78, 5) is 25.8. The molecule has 16 nitrogen and oxygen atoms in total. The highest BCUT2D eigenvalue weighted by atomic mass is 16.6. The van der Waals surface area contributed by atoms with Crippen LogP contribution in [0.2, 0.25) is 0 Å². The number of carbonyl (C=O) groups excluding carboxylic acids is 2. The summed E-state index contributed by atoms with van der Waals surface area (Å²) in [7, 11) is 20.7. The molecule has 0 aliphatic carbocycles. The lowest BCUT2D eigenvalue weighted by atomic mass is 9.85. The molecule has 0 spiro atoms. The number of esters is 2. The Morgan fingerprint density at radius 2 is 0.829 bits per heavy atom. The topological polar surface area (TPSA) is 145 Å².